The molecule has 4 aromatic rings. The molecule has 0 radical (unpaired) electrons. The first kappa shape index (κ1) is 22.6. The minimum absolute atomic E-state index is 0.0510. The third-order valence-corrected chi connectivity index (χ3v) is 5.24. The number of hydrogen-bond acceptors (Lipinski definition) is 5. The van der Waals surface area contributed by atoms with E-state index in [2.05, 4.69) is 15.0 Å². The van der Waals surface area contributed by atoms with Crippen LogP contribution in [0.1, 0.15) is 37.0 Å². The van der Waals surface area contributed by atoms with Crippen LogP contribution in [0.3, 0.4) is 0 Å². The number of aliphatic hydroxyl groups is 1. The van der Waals surface area contributed by atoms with Gasteiger partial charge in [0.25, 0.3) is 0 Å². The maximum Gasteiger partial charge on any atom is 0.389 e. The summed E-state index contributed by atoms with van der Waals surface area (Å²) in [5.74, 6) is 0.0553. The SMILES string of the molecule is CC(O)c1cnc(-c2ccn3c(-c4cccc(CC(=O)CCC(F)(F)F)c4)cnc3c2)nc1. The van der Waals surface area contributed by atoms with Gasteiger partial charge in [-0.05, 0) is 30.7 Å². The molecule has 0 saturated heterocycles. The highest BCUT2D eigenvalue weighted by Gasteiger charge is 2.27. The van der Waals surface area contributed by atoms with Gasteiger partial charge in [0.2, 0.25) is 0 Å². The van der Waals surface area contributed by atoms with Gasteiger partial charge in [0.05, 0.1) is 24.4 Å². The quantitative estimate of drug-likeness (QED) is 0.427. The molecule has 9 heteroatoms. The number of benzene rings is 1. The molecule has 0 aliphatic heterocycles. The van der Waals surface area contributed by atoms with E-state index in [0.717, 1.165) is 16.8 Å². The standard InChI is InChI=1S/C24H21F3N4O2/c1-15(32)19-12-29-23(30-13-19)18-6-8-31-21(14-28-22(31)11-18)17-4-2-3-16(9-17)10-20(33)5-7-24(25,26)27/h2-4,6,8-9,11-15,32H,5,7,10H2,1H3. The van der Waals surface area contributed by atoms with E-state index in [4.69, 9.17) is 0 Å². The van der Waals surface area contributed by atoms with Crippen LogP contribution in [0.4, 0.5) is 13.2 Å². The first-order valence-corrected chi connectivity index (χ1v) is 10.3. The summed E-state index contributed by atoms with van der Waals surface area (Å²) in [7, 11) is 0. The zero-order valence-corrected chi connectivity index (χ0v) is 17.8. The fourth-order valence-electron chi connectivity index (χ4n) is 3.47. The lowest BCUT2D eigenvalue weighted by molar-refractivity contribution is -0.143. The number of hydrogen-bond donors (Lipinski definition) is 1. The van der Waals surface area contributed by atoms with Crippen LogP contribution in [-0.2, 0) is 11.2 Å². The molecular formula is C24H21F3N4O2. The van der Waals surface area contributed by atoms with Gasteiger partial charge in [-0.1, -0.05) is 18.2 Å². The molecule has 4 rings (SSSR count). The molecule has 0 saturated carbocycles. The van der Waals surface area contributed by atoms with Crippen LogP contribution in [0.15, 0.2) is 61.2 Å². The maximum absolute atomic E-state index is 12.4. The van der Waals surface area contributed by atoms with E-state index in [0.29, 0.717) is 22.6 Å². The summed E-state index contributed by atoms with van der Waals surface area (Å²) < 4.78 is 39.0. The van der Waals surface area contributed by atoms with E-state index in [-0.39, 0.29) is 6.42 Å². The number of Topliss-reactive ketones (excluding diaryl/α,β-unsaturated/α-hetero) is 1. The molecule has 33 heavy (non-hydrogen) atoms. The van der Waals surface area contributed by atoms with E-state index >= 15 is 0 Å². The molecule has 1 atom stereocenters. The Balaban J connectivity index is 1.55. The normalized spacial score (nSPS) is 12.8. The van der Waals surface area contributed by atoms with Crippen LogP contribution in [-0.4, -0.2) is 36.4 Å². The molecule has 0 spiro atoms. The second-order valence-corrected chi connectivity index (χ2v) is 7.83. The Hall–Kier alpha value is -3.59. The van der Waals surface area contributed by atoms with Crippen molar-refractivity contribution in [3.63, 3.8) is 0 Å². The Morgan fingerprint density at radius 2 is 1.82 bits per heavy atom. The van der Waals surface area contributed by atoms with Crippen molar-refractivity contribution in [2.24, 2.45) is 0 Å². The van der Waals surface area contributed by atoms with E-state index < -0.39 is 30.9 Å². The molecule has 1 unspecified atom stereocenters. The second-order valence-electron chi connectivity index (χ2n) is 7.83. The molecule has 3 aromatic heterocycles. The largest absolute Gasteiger partial charge is 0.389 e. The molecule has 0 bridgehead atoms. The monoisotopic (exact) mass is 454 g/mol. The Bertz CT molecular complexity index is 1280. The number of imidazole rings is 1. The molecule has 1 N–H and O–H groups in total. The van der Waals surface area contributed by atoms with Crippen LogP contribution in [0.5, 0.6) is 0 Å². The molecule has 170 valence electrons. The van der Waals surface area contributed by atoms with Gasteiger partial charge >= 0.3 is 6.18 Å². The lowest BCUT2D eigenvalue weighted by atomic mass is 10.0. The highest BCUT2D eigenvalue weighted by molar-refractivity contribution is 5.81. The van der Waals surface area contributed by atoms with Gasteiger partial charge < -0.3 is 5.11 Å². The number of alkyl halides is 3. The summed E-state index contributed by atoms with van der Waals surface area (Å²) in [6.45, 7) is 1.64. The zero-order chi connectivity index (χ0) is 23.6. The van der Waals surface area contributed by atoms with Crippen LogP contribution in [0.25, 0.3) is 28.3 Å². The first-order chi connectivity index (χ1) is 15.7. The number of halogens is 3. The van der Waals surface area contributed by atoms with E-state index in [1.165, 1.54) is 0 Å². The molecule has 0 amide bonds. The topological polar surface area (TPSA) is 80.4 Å². The Morgan fingerprint density at radius 3 is 2.52 bits per heavy atom. The van der Waals surface area contributed by atoms with Crippen LogP contribution < -0.4 is 0 Å². The van der Waals surface area contributed by atoms with Crippen LogP contribution in [0.2, 0.25) is 0 Å². The average Bonchev–Trinajstić information content (AvgIpc) is 3.21. The fourth-order valence-corrected chi connectivity index (χ4v) is 3.47. The summed E-state index contributed by atoms with van der Waals surface area (Å²) in [6.07, 6.45) is 0.0277. The summed E-state index contributed by atoms with van der Waals surface area (Å²) in [4.78, 5) is 25.0. The lowest BCUT2D eigenvalue weighted by Gasteiger charge is -2.08. The highest BCUT2D eigenvalue weighted by Crippen LogP contribution is 2.26. The number of pyridine rings is 1. The van der Waals surface area contributed by atoms with Crippen molar-refractivity contribution < 1.29 is 23.1 Å². The Morgan fingerprint density at radius 1 is 1.06 bits per heavy atom. The average molecular weight is 454 g/mol. The molecule has 0 aliphatic carbocycles. The number of ketones is 1. The van der Waals surface area contributed by atoms with Crippen molar-refractivity contribution in [3.8, 4) is 22.6 Å². The van der Waals surface area contributed by atoms with Gasteiger partial charge in [0.1, 0.15) is 11.4 Å². The number of aliphatic hydroxyl groups excluding tert-OH is 1. The highest BCUT2D eigenvalue weighted by atomic mass is 19.4. The summed E-state index contributed by atoms with van der Waals surface area (Å²) in [5.41, 5.74) is 4.29. The number of carbonyl (C=O) groups is 1. The van der Waals surface area contributed by atoms with Gasteiger partial charge in [0, 0.05) is 48.1 Å². The number of fused-ring (bicyclic) bond motifs is 1. The first-order valence-electron chi connectivity index (χ1n) is 10.3. The van der Waals surface area contributed by atoms with E-state index in [1.54, 1.807) is 43.7 Å². The van der Waals surface area contributed by atoms with Crippen molar-refractivity contribution in [1.29, 1.82) is 0 Å². The number of nitrogens with zero attached hydrogens (tertiary/aromatic N) is 4. The van der Waals surface area contributed by atoms with Gasteiger partial charge in [0.15, 0.2) is 5.82 Å². The molecule has 6 nitrogen and oxygen atoms in total. The maximum atomic E-state index is 12.4. The van der Waals surface area contributed by atoms with Gasteiger partial charge in [-0.15, -0.1) is 0 Å². The van der Waals surface area contributed by atoms with Gasteiger partial charge in [-0.2, -0.15) is 13.2 Å². The van der Waals surface area contributed by atoms with Crippen LogP contribution in [0, 0.1) is 0 Å². The van der Waals surface area contributed by atoms with Crippen molar-refractivity contribution in [3.05, 3.63) is 72.3 Å². The van der Waals surface area contributed by atoms with Crippen LogP contribution >= 0.6 is 0 Å². The fraction of sp³-hybridized carbons (Fsp3) is 0.250. The Labute approximate surface area is 187 Å². The smallest absolute Gasteiger partial charge is 0.389 e. The second kappa shape index (κ2) is 9.11. The van der Waals surface area contributed by atoms with Crippen molar-refractivity contribution in [2.45, 2.75) is 38.5 Å². The van der Waals surface area contributed by atoms with E-state index in [1.807, 2.05) is 28.8 Å². The summed E-state index contributed by atoms with van der Waals surface area (Å²) >= 11 is 0. The van der Waals surface area contributed by atoms with Gasteiger partial charge in [-0.25, -0.2) is 15.0 Å². The third kappa shape index (κ3) is 5.43. The summed E-state index contributed by atoms with van der Waals surface area (Å²) in [5, 5.41) is 9.61. The number of aromatic nitrogens is 4. The summed E-state index contributed by atoms with van der Waals surface area (Å²) in [6, 6.07) is 10.8. The number of carbonyl (C=O) groups excluding carboxylic acids is 1. The van der Waals surface area contributed by atoms with Crippen molar-refractivity contribution in [2.75, 3.05) is 0 Å². The number of rotatable bonds is 7. The third-order valence-electron chi connectivity index (χ3n) is 5.24. The van der Waals surface area contributed by atoms with E-state index in [9.17, 15) is 23.1 Å². The van der Waals surface area contributed by atoms with Crippen molar-refractivity contribution >= 4 is 11.4 Å². The minimum Gasteiger partial charge on any atom is -0.389 e. The predicted molar refractivity (Wildman–Crippen MR) is 116 cm³/mol. The zero-order valence-electron chi connectivity index (χ0n) is 17.8. The van der Waals surface area contributed by atoms with Gasteiger partial charge in [-0.3, -0.25) is 9.20 Å². The molecule has 3 heterocycles. The molecule has 0 fully saturated rings. The predicted octanol–water partition coefficient (Wildman–Crippen LogP) is 4.97. The van der Waals surface area contributed by atoms with Crippen molar-refractivity contribution in [1.82, 2.24) is 19.4 Å². The minimum atomic E-state index is -4.34. The lowest BCUT2D eigenvalue weighted by Crippen LogP contribution is -2.12. The Kier molecular flexibility index (Phi) is 6.24. The molecule has 0 aliphatic rings. The molecular weight excluding hydrogens is 433 g/mol. The molecule has 1 aromatic carbocycles.